The smallest absolute Gasteiger partial charge is 0.270 e. The molecule has 0 unspecified atom stereocenters. The maximum absolute atomic E-state index is 12.0. The molecule has 0 aromatic carbocycles. The van der Waals surface area contributed by atoms with Gasteiger partial charge in [-0.1, -0.05) is 6.07 Å². The van der Waals surface area contributed by atoms with Gasteiger partial charge in [0.1, 0.15) is 5.69 Å². The van der Waals surface area contributed by atoms with E-state index in [0.29, 0.717) is 24.7 Å². The fourth-order valence-corrected chi connectivity index (χ4v) is 1.74. The quantitative estimate of drug-likeness (QED) is 0.786. The van der Waals surface area contributed by atoms with Gasteiger partial charge >= 0.3 is 0 Å². The number of aromatic nitrogens is 3. The highest BCUT2D eigenvalue weighted by Gasteiger charge is 2.08. The predicted octanol–water partition coefficient (Wildman–Crippen LogP) is 0.775. The number of rotatable bonds is 7. The number of carbonyl (C=O) groups excluding carboxylic acids is 1. The fourth-order valence-electron chi connectivity index (χ4n) is 1.74. The van der Waals surface area contributed by atoms with Crippen LogP contribution in [0.2, 0.25) is 0 Å². The fraction of sp³-hybridized carbons (Fsp3) is 0.333. The van der Waals surface area contributed by atoms with Crippen LogP contribution in [0.5, 0.6) is 0 Å². The Bertz CT molecular complexity index is 602. The Morgan fingerprint density at radius 3 is 2.86 bits per heavy atom. The summed E-state index contributed by atoms with van der Waals surface area (Å²) in [5.41, 5.74) is 1.37. The van der Waals surface area contributed by atoms with Gasteiger partial charge in [-0.15, -0.1) is 0 Å². The van der Waals surface area contributed by atoms with Crippen LogP contribution < -0.4 is 10.6 Å². The zero-order valence-electron chi connectivity index (χ0n) is 12.8. The Kier molecular flexibility index (Phi) is 5.79. The maximum atomic E-state index is 12.0. The lowest BCUT2D eigenvalue weighted by molar-refractivity contribution is 0.0946. The summed E-state index contributed by atoms with van der Waals surface area (Å²) in [5, 5.41) is 5.90. The monoisotopic (exact) mass is 300 g/mol. The molecule has 1 amide bonds. The number of anilines is 1. The molecule has 0 aliphatic heterocycles. The molecule has 2 heterocycles. The van der Waals surface area contributed by atoms with E-state index in [1.807, 2.05) is 31.1 Å². The SMILES string of the molecule is CN(C)CCNC(=O)c1ccnc(NCc2cccnc2)n1. The van der Waals surface area contributed by atoms with Crippen molar-refractivity contribution in [1.82, 2.24) is 25.2 Å². The zero-order chi connectivity index (χ0) is 15.8. The first kappa shape index (κ1) is 15.8. The summed E-state index contributed by atoms with van der Waals surface area (Å²) in [7, 11) is 3.91. The van der Waals surface area contributed by atoms with E-state index in [-0.39, 0.29) is 5.91 Å². The van der Waals surface area contributed by atoms with Gasteiger partial charge in [-0.25, -0.2) is 9.97 Å². The Morgan fingerprint density at radius 2 is 2.14 bits per heavy atom. The summed E-state index contributed by atoms with van der Waals surface area (Å²) in [5.74, 6) is 0.220. The van der Waals surface area contributed by atoms with Crippen molar-refractivity contribution in [3.63, 3.8) is 0 Å². The molecule has 7 heteroatoms. The van der Waals surface area contributed by atoms with E-state index >= 15 is 0 Å². The van der Waals surface area contributed by atoms with Gasteiger partial charge in [0, 0.05) is 38.2 Å². The normalized spacial score (nSPS) is 10.5. The number of amides is 1. The molecule has 22 heavy (non-hydrogen) atoms. The van der Waals surface area contributed by atoms with Crippen molar-refractivity contribution in [2.45, 2.75) is 6.54 Å². The largest absolute Gasteiger partial charge is 0.350 e. The molecular weight excluding hydrogens is 280 g/mol. The van der Waals surface area contributed by atoms with Crippen molar-refractivity contribution in [1.29, 1.82) is 0 Å². The zero-order valence-corrected chi connectivity index (χ0v) is 12.8. The van der Waals surface area contributed by atoms with Gasteiger partial charge < -0.3 is 15.5 Å². The van der Waals surface area contributed by atoms with Gasteiger partial charge in [0.25, 0.3) is 5.91 Å². The molecule has 0 bridgehead atoms. The number of nitrogens with one attached hydrogen (secondary N) is 2. The van der Waals surface area contributed by atoms with Crippen molar-refractivity contribution in [3.8, 4) is 0 Å². The minimum absolute atomic E-state index is 0.200. The summed E-state index contributed by atoms with van der Waals surface area (Å²) >= 11 is 0. The van der Waals surface area contributed by atoms with Gasteiger partial charge in [-0.3, -0.25) is 9.78 Å². The van der Waals surface area contributed by atoms with Gasteiger partial charge in [0.2, 0.25) is 5.95 Å². The third-order valence-electron chi connectivity index (χ3n) is 2.91. The second-order valence-electron chi connectivity index (χ2n) is 5.04. The summed E-state index contributed by atoms with van der Waals surface area (Å²) < 4.78 is 0. The average molecular weight is 300 g/mol. The van der Waals surface area contributed by atoms with Crippen LogP contribution in [0.1, 0.15) is 16.1 Å². The molecule has 0 saturated heterocycles. The lowest BCUT2D eigenvalue weighted by Gasteiger charge is -2.10. The molecule has 2 aromatic heterocycles. The summed E-state index contributed by atoms with van der Waals surface area (Å²) in [6.45, 7) is 1.91. The molecule has 0 atom stereocenters. The Hall–Kier alpha value is -2.54. The molecule has 0 saturated carbocycles. The lowest BCUT2D eigenvalue weighted by Crippen LogP contribution is -2.31. The van der Waals surface area contributed by atoms with Crippen LogP contribution in [0.25, 0.3) is 0 Å². The minimum Gasteiger partial charge on any atom is -0.350 e. The molecule has 0 aliphatic carbocycles. The van der Waals surface area contributed by atoms with E-state index in [1.165, 1.54) is 0 Å². The van der Waals surface area contributed by atoms with E-state index in [9.17, 15) is 4.79 Å². The van der Waals surface area contributed by atoms with Crippen LogP contribution in [0, 0.1) is 0 Å². The standard InChI is InChI=1S/C15H20N6O/c1-21(2)9-8-17-14(22)13-5-7-18-15(20-13)19-11-12-4-3-6-16-10-12/h3-7,10H,8-9,11H2,1-2H3,(H,17,22)(H,18,19,20). The molecule has 0 fully saturated rings. The number of hydrogen-bond acceptors (Lipinski definition) is 6. The van der Waals surface area contributed by atoms with E-state index in [4.69, 9.17) is 0 Å². The Balaban J connectivity index is 1.90. The molecule has 7 nitrogen and oxygen atoms in total. The second kappa shape index (κ2) is 8.04. The highest BCUT2D eigenvalue weighted by molar-refractivity contribution is 5.92. The van der Waals surface area contributed by atoms with Gasteiger partial charge in [0.05, 0.1) is 0 Å². The first-order valence-corrected chi connectivity index (χ1v) is 7.04. The van der Waals surface area contributed by atoms with Gasteiger partial charge in [-0.2, -0.15) is 0 Å². The van der Waals surface area contributed by atoms with E-state index in [1.54, 1.807) is 24.7 Å². The van der Waals surface area contributed by atoms with Gasteiger partial charge in [0.15, 0.2) is 0 Å². The number of carbonyl (C=O) groups is 1. The lowest BCUT2D eigenvalue weighted by atomic mass is 10.3. The average Bonchev–Trinajstić information content (AvgIpc) is 2.54. The number of hydrogen-bond donors (Lipinski definition) is 2. The van der Waals surface area contributed by atoms with Crippen molar-refractivity contribution < 1.29 is 4.79 Å². The van der Waals surface area contributed by atoms with Crippen molar-refractivity contribution >= 4 is 11.9 Å². The van der Waals surface area contributed by atoms with Crippen molar-refractivity contribution in [2.24, 2.45) is 0 Å². The molecular formula is C15H20N6O. The summed E-state index contributed by atoms with van der Waals surface area (Å²) in [6.07, 6.45) is 5.06. The topological polar surface area (TPSA) is 83.0 Å². The molecule has 0 aliphatic rings. The molecule has 2 aromatic rings. The van der Waals surface area contributed by atoms with E-state index in [2.05, 4.69) is 25.6 Å². The van der Waals surface area contributed by atoms with Crippen LogP contribution >= 0.6 is 0 Å². The maximum Gasteiger partial charge on any atom is 0.270 e. The highest BCUT2D eigenvalue weighted by atomic mass is 16.1. The van der Waals surface area contributed by atoms with Crippen LogP contribution in [0.3, 0.4) is 0 Å². The number of likely N-dealkylation sites (N-methyl/N-ethyl adjacent to an activating group) is 1. The third-order valence-corrected chi connectivity index (χ3v) is 2.91. The third kappa shape index (κ3) is 5.10. The van der Waals surface area contributed by atoms with Crippen LogP contribution in [-0.2, 0) is 6.54 Å². The Morgan fingerprint density at radius 1 is 1.27 bits per heavy atom. The minimum atomic E-state index is -0.200. The predicted molar refractivity (Wildman–Crippen MR) is 84.5 cm³/mol. The van der Waals surface area contributed by atoms with Crippen LogP contribution in [-0.4, -0.2) is 52.9 Å². The number of nitrogens with zero attached hydrogens (tertiary/aromatic N) is 4. The molecule has 0 spiro atoms. The first-order chi connectivity index (χ1) is 10.6. The van der Waals surface area contributed by atoms with Crippen molar-refractivity contribution in [2.75, 3.05) is 32.5 Å². The molecule has 2 rings (SSSR count). The van der Waals surface area contributed by atoms with E-state index in [0.717, 1.165) is 12.1 Å². The summed E-state index contributed by atoms with van der Waals surface area (Å²) in [4.78, 5) is 26.4. The summed E-state index contributed by atoms with van der Waals surface area (Å²) in [6, 6.07) is 5.42. The molecule has 2 N–H and O–H groups in total. The first-order valence-electron chi connectivity index (χ1n) is 7.04. The number of pyridine rings is 1. The second-order valence-corrected chi connectivity index (χ2v) is 5.04. The van der Waals surface area contributed by atoms with E-state index < -0.39 is 0 Å². The van der Waals surface area contributed by atoms with Crippen molar-refractivity contribution in [3.05, 3.63) is 48.0 Å². The Labute approximate surface area is 129 Å². The van der Waals surface area contributed by atoms with Crippen LogP contribution in [0.15, 0.2) is 36.8 Å². The highest BCUT2D eigenvalue weighted by Crippen LogP contribution is 2.03. The molecule has 116 valence electrons. The van der Waals surface area contributed by atoms with Crippen LogP contribution in [0.4, 0.5) is 5.95 Å². The molecule has 0 radical (unpaired) electrons. The van der Waals surface area contributed by atoms with Gasteiger partial charge in [-0.05, 0) is 31.8 Å².